The Hall–Kier alpha value is -0.950. The van der Waals surface area contributed by atoms with Crippen LogP contribution in [-0.2, 0) is 19.4 Å². The van der Waals surface area contributed by atoms with Gasteiger partial charge in [-0.3, -0.25) is 14.5 Å². The maximum Gasteiger partial charge on any atom is 0.246 e. The molecule has 2 aliphatic rings. The van der Waals surface area contributed by atoms with E-state index in [9.17, 15) is 18.0 Å². The van der Waals surface area contributed by atoms with Crippen molar-refractivity contribution < 1.29 is 18.0 Å². The summed E-state index contributed by atoms with van der Waals surface area (Å²) in [7, 11) is -3.00. The lowest BCUT2D eigenvalue weighted by Gasteiger charge is -2.25. The summed E-state index contributed by atoms with van der Waals surface area (Å²) in [4.78, 5) is 25.0. The van der Waals surface area contributed by atoms with E-state index in [0.29, 0.717) is 13.0 Å². The fourth-order valence-corrected chi connectivity index (χ4v) is 4.36. The lowest BCUT2D eigenvalue weighted by atomic mass is 10.1. The molecule has 0 saturated carbocycles. The molecule has 0 aromatic carbocycles. The topological polar surface area (TPSA) is 83.6 Å². The quantitative estimate of drug-likeness (QED) is 0.718. The summed E-state index contributed by atoms with van der Waals surface area (Å²) in [6, 6.07) is -0.751. The molecule has 2 aliphatic heterocycles. The maximum absolute atomic E-state index is 12.0. The first-order chi connectivity index (χ1) is 8.93. The summed E-state index contributed by atoms with van der Waals surface area (Å²) in [6.07, 6.45) is 2.25. The number of carbonyl (C=O) groups excluding carboxylic acids is 2. The van der Waals surface area contributed by atoms with Gasteiger partial charge in [0.15, 0.2) is 9.84 Å². The van der Waals surface area contributed by atoms with Crippen molar-refractivity contribution in [1.29, 1.82) is 0 Å². The molecule has 2 unspecified atom stereocenters. The van der Waals surface area contributed by atoms with E-state index in [4.69, 9.17) is 0 Å². The second-order valence-corrected chi connectivity index (χ2v) is 7.49. The van der Waals surface area contributed by atoms with Crippen LogP contribution in [0.15, 0.2) is 0 Å². The number of carbonyl (C=O) groups is 2. The normalized spacial score (nSPS) is 30.9. The van der Waals surface area contributed by atoms with Gasteiger partial charge in [0, 0.05) is 12.6 Å². The van der Waals surface area contributed by atoms with E-state index in [1.807, 2.05) is 6.92 Å². The third-order valence-corrected chi connectivity index (χ3v) is 5.41. The highest BCUT2D eigenvalue weighted by Crippen LogP contribution is 2.18. The lowest BCUT2D eigenvalue weighted by molar-refractivity contribution is -0.138. The van der Waals surface area contributed by atoms with Crippen LogP contribution in [0.4, 0.5) is 0 Å². The van der Waals surface area contributed by atoms with Gasteiger partial charge in [-0.1, -0.05) is 6.92 Å². The van der Waals surface area contributed by atoms with Crippen LogP contribution in [0.25, 0.3) is 0 Å². The number of nitrogens with one attached hydrogen (secondary N) is 1. The Labute approximate surface area is 113 Å². The number of sulfone groups is 1. The van der Waals surface area contributed by atoms with Crippen molar-refractivity contribution in [2.45, 2.75) is 44.7 Å². The minimum absolute atomic E-state index is 0.0682. The van der Waals surface area contributed by atoms with Crippen LogP contribution < -0.4 is 5.32 Å². The van der Waals surface area contributed by atoms with Gasteiger partial charge in [-0.25, -0.2) is 8.42 Å². The zero-order valence-corrected chi connectivity index (χ0v) is 11.9. The van der Waals surface area contributed by atoms with Gasteiger partial charge in [0.1, 0.15) is 0 Å². The first-order valence-electron chi connectivity index (χ1n) is 6.73. The molecule has 108 valence electrons. The van der Waals surface area contributed by atoms with Gasteiger partial charge in [0.25, 0.3) is 0 Å². The zero-order valence-electron chi connectivity index (χ0n) is 11.1. The molecule has 2 rings (SSSR count). The van der Waals surface area contributed by atoms with Gasteiger partial charge in [-0.05, 0) is 19.3 Å². The van der Waals surface area contributed by atoms with Crippen LogP contribution >= 0.6 is 0 Å². The Morgan fingerprint density at radius 1 is 1.37 bits per heavy atom. The molecule has 2 saturated heterocycles. The molecule has 2 heterocycles. The van der Waals surface area contributed by atoms with Crippen LogP contribution in [0.2, 0.25) is 0 Å². The zero-order chi connectivity index (χ0) is 14.0. The molecule has 19 heavy (non-hydrogen) atoms. The highest BCUT2D eigenvalue weighted by atomic mass is 32.2. The molecule has 2 fully saturated rings. The maximum atomic E-state index is 12.0. The third-order valence-electron chi connectivity index (χ3n) is 3.59. The van der Waals surface area contributed by atoms with Gasteiger partial charge < -0.3 is 5.32 Å². The molecule has 0 aromatic rings. The first-order valence-corrected chi connectivity index (χ1v) is 8.56. The predicted molar refractivity (Wildman–Crippen MR) is 70.2 cm³/mol. The van der Waals surface area contributed by atoms with E-state index in [0.717, 1.165) is 12.8 Å². The predicted octanol–water partition coefficient (Wildman–Crippen LogP) is -0.309. The molecule has 6 nitrogen and oxygen atoms in total. The minimum atomic E-state index is -3.00. The minimum Gasteiger partial charge on any atom is -0.302 e. The Kier molecular flexibility index (Phi) is 4.25. The summed E-state index contributed by atoms with van der Waals surface area (Å²) >= 11 is 0. The Balaban J connectivity index is 1.97. The van der Waals surface area contributed by atoms with E-state index in [2.05, 4.69) is 5.32 Å². The summed E-state index contributed by atoms with van der Waals surface area (Å²) in [5.41, 5.74) is 0. The van der Waals surface area contributed by atoms with E-state index in [1.54, 1.807) is 0 Å². The molecule has 0 radical (unpaired) electrons. The van der Waals surface area contributed by atoms with Crippen molar-refractivity contribution in [3.05, 3.63) is 0 Å². The van der Waals surface area contributed by atoms with Crippen molar-refractivity contribution >= 4 is 21.7 Å². The van der Waals surface area contributed by atoms with E-state index in [-0.39, 0.29) is 35.8 Å². The Bertz CT molecular complexity index is 474. The molecule has 2 amide bonds. The molecule has 0 aromatic heterocycles. The van der Waals surface area contributed by atoms with Gasteiger partial charge >= 0.3 is 0 Å². The lowest BCUT2D eigenvalue weighted by Crippen LogP contribution is -2.48. The summed E-state index contributed by atoms with van der Waals surface area (Å²) in [5, 5.41) is 3.05. The molecule has 1 N–H and O–H groups in total. The largest absolute Gasteiger partial charge is 0.302 e. The highest BCUT2D eigenvalue weighted by molar-refractivity contribution is 7.91. The van der Waals surface area contributed by atoms with Crippen LogP contribution in [-0.4, -0.2) is 55.3 Å². The number of rotatable bonds is 4. The average molecular weight is 288 g/mol. The second-order valence-electron chi connectivity index (χ2n) is 5.26. The number of nitrogens with zero attached hydrogens (tertiary/aromatic N) is 1. The van der Waals surface area contributed by atoms with E-state index in [1.165, 1.54) is 4.90 Å². The molecule has 0 aliphatic carbocycles. The van der Waals surface area contributed by atoms with Gasteiger partial charge in [0.05, 0.1) is 24.0 Å². The van der Waals surface area contributed by atoms with Crippen molar-refractivity contribution in [2.75, 3.05) is 18.1 Å². The molecule has 7 heteroatoms. The number of hydrogen-bond donors (Lipinski definition) is 1. The number of likely N-dealkylation sites (tertiary alicyclic amines) is 1. The smallest absolute Gasteiger partial charge is 0.246 e. The standard InChI is InChI=1S/C12H20N2O4S/c1-2-5-14-11(15)7-10(12(14)16)13-9-4-3-6-19(17,18)8-9/h9-10,13H,2-8H2,1H3. The van der Waals surface area contributed by atoms with E-state index < -0.39 is 15.9 Å². The molecule has 0 bridgehead atoms. The fraction of sp³-hybridized carbons (Fsp3) is 0.833. The highest BCUT2D eigenvalue weighted by Gasteiger charge is 2.39. The Morgan fingerprint density at radius 2 is 2.11 bits per heavy atom. The summed E-state index contributed by atoms with van der Waals surface area (Å²) in [6.45, 7) is 2.35. The SMILES string of the molecule is CCCN1C(=O)CC(NC2CCCS(=O)(=O)C2)C1=O. The first kappa shape index (κ1) is 14.5. The van der Waals surface area contributed by atoms with Crippen LogP contribution in [0.5, 0.6) is 0 Å². The summed E-state index contributed by atoms with van der Waals surface area (Å²) in [5.74, 6) is -0.0819. The monoisotopic (exact) mass is 288 g/mol. The average Bonchev–Trinajstić information content (AvgIpc) is 2.56. The number of amides is 2. The van der Waals surface area contributed by atoms with Crippen molar-refractivity contribution in [3.63, 3.8) is 0 Å². The summed E-state index contributed by atoms with van der Waals surface area (Å²) < 4.78 is 23.1. The third kappa shape index (κ3) is 3.33. The number of hydrogen-bond acceptors (Lipinski definition) is 5. The van der Waals surface area contributed by atoms with Crippen LogP contribution in [0.1, 0.15) is 32.6 Å². The molecular weight excluding hydrogens is 268 g/mol. The van der Waals surface area contributed by atoms with E-state index >= 15 is 0 Å². The van der Waals surface area contributed by atoms with Crippen molar-refractivity contribution in [2.24, 2.45) is 0 Å². The van der Waals surface area contributed by atoms with Gasteiger partial charge in [-0.15, -0.1) is 0 Å². The Morgan fingerprint density at radius 3 is 2.74 bits per heavy atom. The van der Waals surface area contributed by atoms with Crippen LogP contribution in [0, 0.1) is 0 Å². The van der Waals surface area contributed by atoms with Crippen LogP contribution in [0.3, 0.4) is 0 Å². The second kappa shape index (κ2) is 5.58. The molecular formula is C12H20N2O4S. The molecule has 2 atom stereocenters. The molecule has 0 spiro atoms. The number of imide groups is 1. The van der Waals surface area contributed by atoms with Gasteiger partial charge in [-0.2, -0.15) is 0 Å². The fourth-order valence-electron chi connectivity index (χ4n) is 2.71. The van der Waals surface area contributed by atoms with Crippen molar-refractivity contribution in [3.8, 4) is 0 Å². The van der Waals surface area contributed by atoms with Crippen molar-refractivity contribution in [1.82, 2.24) is 10.2 Å². The van der Waals surface area contributed by atoms with Gasteiger partial charge in [0.2, 0.25) is 11.8 Å².